The number of nitrogens with zero attached hydrogens (tertiary/aromatic N) is 1. The number of hydrogen-bond donors (Lipinski definition) is 4. The molecule has 6 unspecified atom stereocenters. The normalized spacial score (nSPS) is 37.4. The summed E-state index contributed by atoms with van der Waals surface area (Å²) in [6.45, 7) is 5.38. The molecule has 7 atom stereocenters. The molecule has 0 spiro atoms. The first kappa shape index (κ1) is 25.9. The number of amides is 1. The lowest BCUT2D eigenvalue weighted by Crippen LogP contribution is -2.49. The van der Waals surface area contributed by atoms with Gasteiger partial charge in [0.15, 0.2) is 0 Å². The minimum atomic E-state index is -0.498. The second-order valence-corrected chi connectivity index (χ2v) is 12.0. The van der Waals surface area contributed by atoms with Crippen molar-refractivity contribution in [2.45, 2.75) is 101 Å². The number of carbonyl (C=O) groups excluding carboxylic acids is 1. The third-order valence-electron chi connectivity index (χ3n) is 9.31. The van der Waals surface area contributed by atoms with Crippen LogP contribution >= 0.6 is 0 Å². The van der Waals surface area contributed by atoms with Crippen LogP contribution in [-0.2, 0) is 14.3 Å². The smallest absolute Gasteiger partial charge is 0.223 e. The molecule has 3 aliphatic carbocycles. The van der Waals surface area contributed by atoms with E-state index in [1.807, 2.05) is 0 Å². The van der Waals surface area contributed by atoms with E-state index in [9.17, 15) is 9.90 Å². The summed E-state index contributed by atoms with van der Waals surface area (Å²) in [5, 5.41) is 20.7. The summed E-state index contributed by atoms with van der Waals surface area (Å²) in [7, 11) is 0. The van der Waals surface area contributed by atoms with Crippen molar-refractivity contribution in [3.8, 4) is 0 Å². The van der Waals surface area contributed by atoms with Crippen LogP contribution in [0.4, 0.5) is 0 Å². The van der Waals surface area contributed by atoms with Gasteiger partial charge in [0.25, 0.3) is 0 Å². The fraction of sp³-hybridized carbons (Fsp3) is 0.963. The van der Waals surface area contributed by atoms with Gasteiger partial charge in [-0.05, 0) is 76.2 Å². The van der Waals surface area contributed by atoms with E-state index in [1.54, 1.807) is 0 Å². The highest BCUT2D eigenvalue weighted by atomic mass is 16.5. The van der Waals surface area contributed by atoms with Crippen molar-refractivity contribution >= 4 is 5.91 Å². The topological polar surface area (TPSA) is 95.1 Å². The van der Waals surface area contributed by atoms with Crippen LogP contribution in [-0.4, -0.2) is 92.4 Å². The predicted molar refractivity (Wildman–Crippen MR) is 135 cm³/mol. The van der Waals surface area contributed by atoms with Gasteiger partial charge in [-0.1, -0.05) is 12.8 Å². The third-order valence-corrected chi connectivity index (χ3v) is 9.31. The first-order chi connectivity index (χ1) is 17.1. The lowest BCUT2D eigenvalue weighted by Gasteiger charge is -2.44. The van der Waals surface area contributed by atoms with Crippen molar-refractivity contribution in [3.63, 3.8) is 0 Å². The third kappa shape index (κ3) is 7.39. The molecule has 2 aliphatic heterocycles. The molecule has 2 heterocycles. The van der Waals surface area contributed by atoms with Crippen LogP contribution in [0.1, 0.15) is 70.6 Å². The van der Waals surface area contributed by atoms with Gasteiger partial charge in [0.05, 0.1) is 31.6 Å². The first-order valence-corrected chi connectivity index (χ1v) is 14.5. The molecule has 0 radical (unpaired) electrons. The maximum absolute atomic E-state index is 12.8. The zero-order valence-corrected chi connectivity index (χ0v) is 21.5. The Morgan fingerprint density at radius 1 is 1.06 bits per heavy atom. The summed E-state index contributed by atoms with van der Waals surface area (Å²) < 4.78 is 11.8. The number of likely N-dealkylation sites (tertiary alicyclic amines) is 1. The molecule has 200 valence electrons. The highest BCUT2D eigenvalue weighted by molar-refractivity contribution is 5.78. The van der Waals surface area contributed by atoms with E-state index in [-0.39, 0.29) is 17.9 Å². The molecule has 0 aromatic rings. The Morgan fingerprint density at radius 3 is 2.71 bits per heavy atom. The van der Waals surface area contributed by atoms with Gasteiger partial charge in [0, 0.05) is 44.2 Å². The molecular formula is C27H48N4O4. The predicted octanol–water partition coefficient (Wildman–Crippen LogP) is 1.62. The van der Waals surface area contributed by atoms with E-state index >= 15 is 0 Å². The fourth-order valence-electron chi connectivity index (χ4n) is 6.99. The molecule has 1 amide bonds. The van der Waals surface area contributed by atoms with Crippen molar-refractivity contribution in [2.75, 3.05) is 46.1 Å². The van der Waals surface area contributed by atoms with Gasteiger partial charge in [-0.3, -0.25) is 10.1 Å². The second-order valence-electron chi connectivity index (χ2n) is 12.0. The van der Waals surface area contributed by atoms with Gasteiger partial charge in [-0.2, -0.15) is 0 Å². The maximum atomic E-state index is 12.8. The van der Waals surface area contributed by atoms with Gasteiger partial charge in [-0.15, -0.1) is 0 Å². The monoisotopic (exact) mass is 492 g/mol. The highest BCUT2D eigenvalue weighted by Crippen LogP contribution is 2.37. The summed E-state index contributed by atoms with van der Waals surface area (Å²) in [6.07, 6.45) is 12.9. The van der Waals surface area contributed by atoms with Crippen LogP contribution in [0.2, 0.25) is 0 Å². The molecule has 8 heteroatoms. The summed E-state index contributed by atoms with van der Waals surface area (Å²) in [4.78, 5) is 15.2. The first-order valence-electron chi connectivity index (χ1n) is 14.5. The summed E-state index contributed by atoms with van der Waals surface area (Å²) >= 11 is 0. The average molecular weight is 493 g/mol. The zero-order chi connectivity index (χ0) is 24.0. The molecule has 0 aromatic carbocycles. The van der Waals surface area contributed by atoms with E-state index in [4.69, 9.17) is 9.47 Å². The number of fused-ring (bicyclic) bond motifs is 1. The SMILES string of the molecule is O=C(NC[C@H](O)CN1CCC2CC(OCC3CNCO3)CCC2C1)C1CCCC(NC2CCC2)C1. The molecule has 4 N–H and O–H groups in total. The van der Waals surface area contributed by atoms with Crippen LogP contribution in [0.3, 0.4) is 0 Å². The van der Waals surface area contributed by atoms with Crippen molar-refractivity contribution < 1.29 is 19.4 Å². The van der Waals surface area contributed by atoms with E-state index < -0.39 is 6.10 Å². The number of carbonyl (C=O) groups is 1. The van der Waals surface area contributed by atoms with Crippen molar-refractivity contribution in [1.82, 2.24) is 20.9 Å². The molecule has 2 saturated heterocycles. The molecular weight excluding hydrogens is 444 g/mol. The number of aliphatic hydroxyl groups excluding tert-OH is 1. The number of hydrogen-bond acceptors (Lipinski definition) is 7. The summed E-state index contributed by atoms with van der Waals surface area (Å²) in [5.74, 6) is 1.67. The number of nitrogens with one attached hydrogen (secondary N) is 3. The lowest BCUT2D eigenvalue weighted by atomic mass is 9.74. The molecule has 3 saturated carbocycles. The minimum Gasteiger partial charge on any atom is -0.390 e. The Bertz CT molecular complexity index is 672. The Balaban J connectivity index is 0.967. The Labute approximate surface area is 211 Å². The molecule has 0 bridgehead atoms. The number of aliphatic hydroxyl groups is 1. The van der Waals surface area contributed by atoms with E-state index in [1.165, 1.54) is 38.5 Å². The van der Waals surface area contributed by atoms with Crippen LogP contribution in [0.5, 0.6) is 0 Å². The van der Waals surface area contributed by atoms with Gasteiger partial charge in [-0.25, -0.2) is 0 Å². The van der Waals surface area contributed by atoms with Gasteiger partial charge >= 0.3 is 0 Å². The average Bonchev–Trinajstić information content (AvgIpc) is 3.37. The second kappa shape index (κ2) is 12.7. The largest absolute Gasteiger partial charge is 0.390 e. The summed E-state index contributed by atoms with van der Waals surface area (Å²) in [5.41, 5.74) is 0. The van der Waals surface area contributed by atoms with E-state index in [0.717, 1.165) is 57.7 Å². The van der Waals surface area contributed by atoms with Crippen LogP contribution in [0.15, 0.2) is 0 Å². The van der Waals surface area contributed by atoms with Crippen molar-refractivity contribution in [3.05, 3.63) is 0 Å². The Hall–Kier alpha value is -0.770. The number of rotatable bonds is 10. The van der Waals surface area contributed by atoms with Crippen LogP contribution < -0.4 is 16.0 Å². The minimum absolute atomic E-state index is 0.0955. The molecule has 5 fully saturated rings. The lowest BCUT2D eigenvalue weighted by molar-refractivity contribution is -0.126. The number of ether oxygens (including phenoxy) is 2. The van der Waals surface area contributed by atoms with Gasteiger partial charge in [0.2, 0.25) is 5.91 Å². The summed E-state index contributed by atoms with van der Waals surface area (Å²) in [6, 6.07) is 1.17. The molecule has 5 aliphatic rings. The van der Waals surface area contributed by atoms with Crippen LogP contribution in [0, 0.1) is 17.8 Å². The van der Waals surface area contributed by atoms with Gasteiger partial charge in [0.1, 0.15) is 0 Å². The maximum Gasteiger partial charge on any atom is 0.223 e. The number of piperidine rings is 1. The Morgan fingerprint density at radius 2 is 1.91 bits per heavy atom. The van der Waals surface area contributed by atoms with E-state index in [2.05, 4.69) is 20.9 Å². The number of β-amino-alcohol motifs (C(OH)–C–C–N with tert-alkyl or cyclic N) is 1. The molecule has 35 heavy (non-hydrogen) atoms. The molecule has 5 rings (SSSR count). The highest BCUT2D eigenvalue weighted by Gasteiger charge is 2.36. The quantitative estimate of drug-likeness (QED) is 0.368. The Kier molecular flexibility index (Phi) is 9.35. The van der Waals surface area contributed by atoms with Crippen LogP contribution in [0.25, 0.3) is 0 Å². The van der Waals surface area contributed by atoms with Crippen molar-refractivity contribution in [1.29, 1.82) is 0 Å². The standard InChI is InChI=1S/C27H48N4O4/c32-24(13-29-27(33)20-3-1-6-23(11-20)30-22-4-2-5-22)16-31-10-9-19-12-25(8-7-21(19)15-31)34-17-26-14-28-18-35-26/h19-26,28,30,32H,1-18H2,(H,29,33)/t19?,20?,21?,23?,24-,25?,26?/m0/s1. The van der Waals surface area contributed by atoms with Gasteiger partial charge < -0.3 is 30.1 Å². The van der Waals surface area contributed by atoms with Crippen molar-refractivity contribution in [2.24, 2.45) is 17.8 Å². The van der Waals surface area contributed by atoms with E-state index in [0.29, 0.717) is 50.5 Å². The fourth-order valence-corrected chi connectivity index (χ4v) is 6.99. The molecule has 8 nitrogen and oxygen atoms in total. The zero-order valence-electron chi connectivity index (χ0n) is 21.5. The molecule has 0 aromatic heterocycles.